The van der Waals surface area contributed by atoms with E-state index in [1.165, 1.54) is 11.0 Å². The van der Waals surface area contributed by atoms with Crippen LogP contribution in [-0.2, 0) is 0 Å². The smallest absolute Gasteiger partial charge is 0.244 e. The fourth-order valence-corrected chi connectivity index (χ4v) is 2.55. The Morgan fingerprint density at radius 2 is 1.85 bits per heavy atom. The average molecular weight is 302 g/mol. The maximum absolute atomic E-state index is 4.27. The third kappa shape index (κ3) is 3.16. The SMILES string of the molecule is C(=N\Nc1nncn1/N=C/c1cccs1)/c1cccs1. The van der Waals surface area contributed by atoms with Gasteiger partial charge in [0, 0.05) is 9.75 Å². The zero-order valence-electron chi connectivity index (χ0n) is 10.2. The zero-order valence-corrected chi connectivity index (χ0v) is 11.9. The van der Waals surface area contributed by atoms with E-state index in [9.17, 15) is 0 Å². The summed E-state index contributed by atoms with van der Waals surface area (Å²) in [4.78, 5) is 2.12. The Balaban J connectivity index is 1.67. The van der Waals surface area contributed by atoms with Crippen molar-refractivity contribution in [2.45, 2.75) is 0 Å². The molecular formula is C12H10N6S2. The van der Waals surface area contributed by atoms with E-state index < -0.39 is 0 Å². The van der Waals surface area contributed by atoms with Crippen molar-refractivity contribution in [3.05, 3.63) is 51.1 Å². The zero-order chi connectivity index (χ0) is 13.6. The van der Waals surface area contributed by atoms with Crippen molar-refractivity contribution in [3.63, 3.8) is 0 Å². The third-order valence-corrected chi connectivity index (χ3v) is 3.90. The molecule has 0 aliphatic rings. The molecule has 100 valence electrons. The first-order valence-electron chi connectivity index (χ1n) is 5.72. The van der Waals surface area contributed by atoms with Crippen molar-refractivity contribution in [2.75, 3.05) is 5.43 Å². The first kappa shape index (κ1) is 12.7. The standard InChI is InChI=1S/C12H10N6S2/c1-3-10(19-5-1)7-13-16-12-17-14-9-18(12)15-8-11-4-2-6-20-11/h1-9H,(H,16,17)/b13-7+,15-8+. The van der Waals surface area contributed by atoms with Crippen LogP contribution < -0.4 is 5.43 Å². The average Bonchev–Trinajstić information content (AvgIpc) is 3.20. The second-order valence-electron chi connectivity index (χ2n) is 3.64. The fraction of sp³-hybridized carbons (Fsp3) is 0. The van der Waals surface area contributed by atoms with Gasteiger partial charge in [0.15, 0.2) is 0 Å². The molecule has 0 saturated carbocycles. The second-order valence-corrected chi connectivity index (χ2v) is 5.60. The highest BCUT2D eigenvalue weighted by Gasteiger charge is 2.00. The van der Waals surface area contributed by atoms with Crippen molar-refractivity contribution in [1.82, 2.24) is 14.9 Å². The van der Waals surface area contributed by atoms with Gasteiger partial charge in [-0.05, 0) is 22.9 Å². The van der Waals surface area contributed by atoms with Gasteiger partial charge in [0.2, 0.25) is 0 Å². The molecule has 6 nitrogen and oxygen atoms in total. The van der Waals surface area contributed by atoms with Crippen LogP contribution in [0.1, 0.15) is 9.75 Å². The molecule has 3 heterocycles. The topological polar surface area (TPSA) is 67.5 Å². The van der Waals surface area contributed by atoms with Crippen LogP contribution in [0.3, 0.4) is 0 Å². The Labute approximate surface area is 123 Å². The largest absolute Gasteiger partial charge is 0.265 e. The van der Waals surface area contributed by atoms with Crippen LogP contribution in [0.4, 0.5) is 5.95 Å². The van der Waals surface area contributed by atoms with Crippen molar-refractivity contribution < 1.29 is 0 Å². The summed E-state index contributed by atoms with van der Waals surface area (Å²) in [6, 6.07) is 7.92. The molecule has 0 radical (unpaired) electrons. The number of anilines is 1. The predicted molar refractivity (Wildman–Crippen MR) is 82.9 cm³/mol. The van der Waals surface area contributed by atoms with Crippen LogP contribution >= 0.6 is 22.7 Å². The lowest BCUT2D eigenvalue weighted by molar-refractivity contribution is 0.879. The van der Waals surface area contributed by atoms with Crippen molar-refractivity contribution in [3.8, 4) is 0 Å². The summed E-state index contributed by atoms with van der Waals surface area (Å²) < 4.78 is 1.53. The molecule has 3 aromatic rings. The first-order valence-corrected chi connectivity index (χ1v) is 7.48. The lowest BCUT2D eigenvalue weighted by Gasteiger charge is -1.97. The molecule has 3 aromatic heterocycles. The molecule has 0 spiro atoms. The molecule has 0 aliphatic carbocycles. The van der Waals surface area contributed by atoms with Crippen LogP contribution in [0.2, 0.25) is 0 Å². The van der Waals surface area contributed by atoms with Gasteiger partial charge in [0.1, 0.15) is 6.33 Å². The van der Waals surface area contributed by atoms with Crippen LogP contribution in [0.5, 0.6) is 0 Å². The van der Waals surface area contributed by atoms with Gasteiger partial charge in [-0.15, -0.1) is 32.9 Å². The van der Waals surface area contributed by atoms with Crippen LogP contribution in [0, 0.1) is 0 Å². The molecule has 0 saturated heterocycles. The van der Waals surface area contributed by atoms with Crippen molar-refractivity contribution in [1.29, 1.82) is 0 Å². The molecule has 0 unspecified atom stereocenters. The number of rotatable bonds is 5. The minimum atomic E-state index is 0.464. The summed E-state index contributed by atoms with van der Waals surface area (Å²) in [5, 5.41) is 20.1. The van der Waals surface area contributed by atoms with Crippen LogP contribution in [0.15, 0.2) is 51.6 Å². The Hall–Kier alpha value is -2.32. The lowest BCUT2D eigenvalue weighted by atomic mass is 10.5. The molecule has 0 fully saturated rings. The highest BCUT2D eigenvalue weighted by atomic mass is 32.1. The molecule has 8 heteroatoms. The van der Waals surface area contributed by atoms with E-state index in [2.05, 4.69) is 25.8 Å². The quantitative estimate of drug-likeness (QED) is 0.582. The Kier molecular flexibility index (Phi) is 3.95. The van der Waals surface area contributed by atoms with Gasteiger partial charge >= 0.3 is 0 Å². The maximum Gasteiger partial charge on any atom is 0.265 e. The van der Waals surface area contributed by atoms with E-state index in [1.807, 2.05) is 35.0 Å². The minimum Gasteiger partial charge on any atom is -0.244 e. The number of nitrogens with zero attached hydrogens (tertiary/aromatic N) is 5. The second kappa shape index (κ2) is 6.22. The summed E-state index contributed by atoms with van der Waals surface area (Å²) in [6.07, 6.45) is 5.00. The van der Waals surface area contributed by atoms with Gasteiger partial charge in [-0.2, -0.15) is 14.9 Å². The van der Waals surface area contributed by atoms with Gasteiger partial charge < -0.3 is 0 Å². The van der Waals surface area contributed by atoms with E-state index in [-0.39, 0.29) is 0 Å². The number of nitrogens with one attached hydrogen (secondary N) is 1. The Bertz CT molecular complexity index is 696. The summed E-state index contributed by atoms with van der Waals surface area (Å²) in [5.41, 5.74) is 2.82. The number of aromatic nitrogens is 3. The number of hydrazone groups is 1. The predicted octanol–water partition coefficient (Wildman–Crippen LogP) is 2.73. The van der Waals surface area contributed by atoms with E-state index in [0.717, 1.165) is 9.75 Å². The summed E-state index contributed by atoms with van der Waals surface area (Å²) in [6.45, 7) is 0. The molecule has 0 bridgehead atoms. The fourth-order valence-electron chi connectivity index (χ4n) is 1.39. The lowest BCUT2D eigenvalue weighted by Crippen LogP contribution is -1.98. The van der Waals surface area contributed by atoms with Gasteiger partial charge in [0.25, 0.3) is 5.95 Å². The molecule has 1 N–H and O–H groups in total. The summed E-state index contributed by atoms with van der Waals surface area (Å²) >= 11 is 3.23. The Morgan fingerprint density at radius 3 is 2.55 bits per heavy atom. The van der Waals surface area contributed by atoms with Crippen molar-refractivity contribution >= 4 is 41.1 Å². The minimum absolute atomic E-state index is 0.464. The first-order chi connectivity index (χ1) is 9.92. The van der Waals surface area contributed by atoms with E-state index in [0.29, 0.717) is 5.95 Å². The number of thiophene rings is 2. The monoisotopic (exact) mass is 302 g/mol. The van der Waals surface area contributed by atoms with Gasteiger partial charge in [-0.25, -0.2) is 5.43 Å². The normalized spacial score (nSPS) is 11.6. The van der Waals surface area contributed by atoms with Crippen LogP contribution in [-0.4, -0.2) is 27.3 Å². The molecule has 3 rings (SSSR count). The molecule has 0 amide bonds. The third-order valence-electron chi connectivity index (χ3n) is 2.28. The highest BCUT2D eigenvalue weighted by Crippen LogP contribution is 2.07. The molecule has 0 atom stereocenters. The number of hydrogen-bond acceptors (Lipinski definition) is 7. The van der Waals surface area contributed by atoms with Gasteiger partial charge in [0.05, 0.1) is 12.4 Å². The van der Waals surface area contributed by atoms with Gasteiger partial charge in [-0.3, -0.25) is 0 Å². The molecule has 0 aliphatic heterocycles. The molecular weight excluding hydrogens is 292 g/mol. The van der Waals surface area contributed by atoms with E-state index in [1.54, 1.807) is 35.1 Å². The van der Waals surface area contributed by atoms with Crippen LogP contribution in [0.25, 0.3) is 0 Å². The Morgan fingerprint density at radius 1 is 1.10 bits per heavy atom. The maximum atomic E-state index is 4.27. The summed E-state index contributed by atoms with van der Waals surface area (Å²) in [5.74, 6) is 0.464. The highest BCUT2D eigenvalue weighted by molar-refractivity contribution is 7.12. The van der Waals surface area contributed by atoms with Crippen molar-refractivity contribution in [2.24, 2.45) is 10.2 Å². The van der Waals surface area contributed by atoms with E-state index >= 15 is 0 Å². The van der Waals surface area contributed by atoms with E-state index in [4.69, 9.17) is 0 Å². The molecule has 20 heavy (non-hydrogen) atoms. The summed E-state index contributed by atoms with van der Waals surface area (Å²) in [7, 11) is 0. The molecule has 0 aromatic carbocycles. The van der Waals surface area contributed by atoms with Gasteiger partial charge in [-0.1, -0.05) is 12.1 Å². The number of hydrogen-bond donors (Lipinski definition) is 1.